The Morgan fingerprint density at radius 3 is 2.71 bits per heavy atom. The van der Waals surface area contributed by atoms with Gasteiger partial charge in [-0.25, -0.2) is 0 Å². The third-order valence-corrected chi connectivity index (χ3v) is 4.42. The van der Waals surface area contributed by atoms with Gasteiger partial charge >= 0.3 is 0 Å². The largest absolute Gasteiger partial charge is 0.481 e. The minimum Gasteiger partial charge on any atom is -0.481 e. The third kappa shape index (κ3) is 3.78. The average Bonchev–Trinajstić information content (AvgIpc) is 2.42. The highest BCUT2D eigenvalue weighted by Crippen LogP contribution is 2.29. The number of rotatable bonds is 3. The molecule has 1 amide bonds. The van der Waals surface area contributed by atoms with Crippen LogP contribution in [0.4, 0.5) is 0 Å². The minimum absolute atomic E-state index is 0.101. The van der Waals surface area contributed by atoms with Crippen molar-refractivity contribution in [3.05, 3.63) is 29.3 Å². The number of aryl methyl sites for hydroxylation is 1. The van der Waals surface area contributed by atoms with E-state index in [0.29, 0.717) is 0 Å². The Morgan fingerprint density at radius 1 is 1.33 bits per heavy atom. The van der Waals surface area contributed by atoms with Gasteiger partial charge < -0.3 is 9.64 Å². The van der Waals surface area contributed by atoms with Crippen molar-refractivity contribution < 1.29 is 9.53 Å². The number of hydrogen-bond donors (Lipinski definition) is 0. The monoisotopic (exact) mass is 289 g/mol. The molecule has 0 N–H and O–H groups in total. The first-order valence-electron chi connectivity index (χ1n) is 7.82. The van der Waals surface area contributed by atoms with Crippen molar-refractivity contribution in [2.24, 2.45) is 5.41 Å². The van der Waals surface area contributed by atoms with E-state index in [1.165, 1.54) is 12.0 Å². The molecule has 1 saturated heterocycles. The first-order valence-corrected chi connectivity index (χ1v) is 7.82. The molecule has 0 bridgehead atoms. The Morgan fingerprint density at radius 2 is 2.05 bits per heavy atom. The molecular formula is C18H27NO2. The van der Waals surface area contributed by atoms with Crippen LogP contribution < -0.4 is 4.74 Å². The van der Waals surface area contributed by atoms with Crippen LogP contribution in [-0.2, 0) is 4.79 Å². The maximum absolute atomic E-state index is 12.6. The highest BCUT2D eigenvalue weighted by molar-refractivity contribution is 5.81. The Kier molecular flexibility index (Phi) is 4.60. The summed E-state index contributed by atoms with van der Waals surface area (Å²) in [6.45, 7) is 12.1. The van der Waals surface area contributed by atoms with Crippen molar-refractivity contribution >= 4 is 5.91 Å². The summed E-state index contributed by atoms with van der Waals surface area (Å²) in [5.41, 5.74) is 2.51. The molecule has 3 heteroatoms. The van der Waals surface area contributed by atoms with Crippen molar-refractivity contribution in [2.75, 3.05) is 13.1 Å². The van der Waals surface area contributed by atoms with Gasteiger partial charge in [0.2, 0.25) is 0 Å². The van der Waals surface area contributed by atoms with Gasteiger partial charge in [0.05, 0.1) is 0 Å². The van der Waals surface area contributed by atoms with Crippen molar-refractivity contribution in [3.63, 3.8) is 0 Å². The molecule has 1 fully saturated rings. The Labute approximate surface area is 128 Å². The number of carbonyl (C=O) groups excluding carboxylic acids is 1. The van der Waals surface area contributed by atoms with E-state index < -0.39 is 6.10 Å². The van der Waals surface area contributed by atoms with Crippen LogP contribution >= 0.6 is 0 Å². The van der Waals surface area contributed by atoms with Crippen LogP contribution in [0.1, 0.15) is 44.7 Å². The normalized spacial score (nSPS) is 19.2. The first kappa shape index (κ1) is 15.9. The summed E-state index contributed by atoms with van der Waals surface area (Å²) < 4.78 is 5.92. The van der Waals surface area contributed by atoms with Crippen LogP contribution in [0.15, 0.2) is 18.2 Å². The number of likely N-dealkylation sites (tertiary alicyclic amines) is 1. The molecule has 1 aromatic carbocycles. The van der Waals surface area contributed by atoms with E-state index in [-0.39, 0.29) is 11.3 Å². The average molecular weight is 289 g/mol. The number of ether oxygens (including phenoxy) is 1. The summed E-state index contributed by atoms with van der Waals surface area (Å²) in [4.78, 5) is 14.5. The first-order chi connectivity index (χ1) is 9.80. The molecule has 1 aliphatic rings. The van der Waals surface area contributed by atoms with E-state index in [1.807, 2.05) is 30.9 Å². The van der Waals surface area contributed by atoms with Gasteiger partial charge in [-0.1, -0.05) is 26.0 Å². The number of nitrogens with zero attached hydrogens (tertiary/aromatic N) is 1. The molecule has 3 nitrogen and oxygen atoms in total. The fourth-order valence-electron chi connectivity index (χ4n) is 2.96. The predicted octanol–water partition coefficient (Wildman–Crippen LogP) is 3.72. The molecule has 21 heavy (non-hydrogen) atoms. The lowest BCUT2D eigenvalue weighted by atomic mass is 9.84. The fourth-order valence-corrected chi connectivity index (χ4v) is 2.96. The zero-order valence-electron chi connectivity index (χ0n) is 13.9. The van der Waals surface area contributed by atoms with Crippen molar-refractivity contribution in [1.82, 2.24) is 4.90 Å². The van der Waals surface area contributed by atoms with Crippen LogP contribution in [0, 0.1) is 19.3 Å². The van der Waals surface area contributed by atoms with Gasteiger partial charge in [0.1, 0.15) is 5.75 Å². The topological polar surface area (TPSA) is 29.5 Å². The highest BCUT2D eigenvalue weighted by Gasteiger charge is 2.31. The maximum atomic E-state index is 12.6. The molecule has 1 heterocycles. The molecule has 1 aliphatic heterocycles. The third-order valence-electron chi connectivity index (χ3n) is 4.42. The SMILES string of the molecule is Cc1cccc(O[C@@H](C)C(=O)N2CCCC(C)(C)C2)c1C. The van der Waals surface area contributed by atoms with Crippen molar-refractivity contribution in [1.29, 1.82) is 0 Å². The van der Waals surface area contributed by atoms with E-state index in [1.54, 1.807) is 0 Å². The summed E-state index contributed by atoms with van der Waals surface area (Å²) in [5, 5.41) is 0. The van der Waals surface area contributed by atoms with E-state index in [0.717, 1.165) is 30.8 Å². The minimum atomic E-state index is -0.431. The summed E-state index contributed by atoms with van der Waals surface area (Å²) in [6.07, 6.45) is 1.83. The molecule has 0 aliphatic carbocycles. The van der Waals surface area contributed by atoms with Crippen LogP contribution in [-0.4, -0.2) is 30.0 Å². The van der Waals surface area contributed by atoms with E-state index >= 15 is 0 Å². The fraction of sp³-hybridized carbons (Fsp3) is 0.611. The number of benzene rings is 1. The zero-order chi connectivity index (χ0) is 15.6. The van der Waals surface area contributed by atoms with Crippen molar-refractivity contribution in [3.8, 4) is 5.75 Å². The van der Waals surface area contributed by atoms with E-state index in [4.69, 9.17) is 4.74 Å². The molecule has 0 unspecified atom stereocenters. The second-order valence-electron chi connectivity index (χ2n) is 6.99. The lowest BCUT2D eigenvalue weighted by Crippen LogP contribution is -2.48. The van der Waals surface area contributed by atoms with Gasteiger partial charge in [0, 0.05) is 13.1 Å². The molecule has 0 aromatic heterocycles. The molecule has 0 saturated carbocycles. The number of hydrogen-bond acceptors (Lipinski definition) is 2. The molecule has 0 spiro atoms. The number of carbonyl (C=O) groups is 1. The van der Waals surface area contributed by atoms with Gasteiger partial charge in [-0.3, -0.25) is 4.79 Å². The van der Waals surface area contributed by atoms with E-state index in [2.05, 4.69) is 26.8 Å². The van der Waals surface area contributed by atoms with Crippen LogP contribution in [0.3, 0.4) is 0 Å². The molecule has 116 valence electrons. The van der Waals surface area contributed by atoms with Crippen LogP contribution in [0.25, 0.3) is 0 Å². The second kappa shape index (κ2) is 6.08. The van der Waals surface area contributed by atoms with Gasteiger partial charge in [-0.15, -0.1) is 0 Å². The molecule has 2 rings (SSSR count). The summed E-state index contributed by atoms with van der Waals surface area (Å²) in [5.74, 6) is 0.913. The predicted molar refractivity (Wildman–Crippen MR) is 85.6 cm³/mol. The van der Waals surface area contributed by atoms with Crippen molar-refractivity contribution in [2.45, 2.75) is 53.6 Å². The molecule has 0 radical (unpaired) electrons. The van der Waals surface area contributed by atoms with Crippen LogP contribution in [0.5, 0.6) is 5.75 Å². The van der Waals surface area contributed by atoms with Gasteiger partial charge in [-0.05, 0) is 56.2 Å². The Bertz CT molecular complexity index is 522. The quantitative estimate of drug-likeness (QED) is 0.848. The van der Waals surface area contributed by atoms with Crippen LogP contribution in [0.2, 0.25) is 0 Å². The smallest absolute Gasteiger partial charge is 0.263 e. The van der Waals surface area contributed by atoms with E-state index in [9.17, 15) is 4.79 Å². The lowest BCUT2D eigenvalue weighted by Gasteiger charge is -2.39. The number of piperidine rings is 1. The van der Waals surface area contributed by atoms with Gasteiger partial charge in [0.15, 0.2) is 6.10 Å². The summed E-state index contributed by atoms with van der Waals surface area (Å²) >= 11 is 0. The Balaban J connectivity index is 2.04. The van der Waals surface area contributed by atoms with Gasteiger partial charge in [0.25, 0.3) is 5.91 Å². The molecule has 1 atom stereocenters. The van der Waals surface area contributed by atoms with Gasteiger partial charge in [-0.2, -0.15) is 0 Å². The summed E-state index contributed by atoms with van der Waals surface area (Å²) in [7, 11) is 0. The molecule has 1 aromatic rings. The zero-order valence-corrected chi connectivity index (χ0v) is 13.9. The lowest BCUT2D eigenvalue weighted by molar-refractivity contribution is -0.141. The standard InChI is InChI=1S/C18H27NO2/c1-13-8-6-9-16(14(13)2)21-15(3)17(20)19-11-7-10-18(4,5)12-19/h6,8-9,15H,7,10-12H2,1-5H3/t15-/m0/s1. The second-order valence-corrected chi connectivity index (χ2v) is 6.99. The maximum Gasteiger partial charge on any atom is 0.263 e. The number of amides is 1. The molecular weight excluding hydrogens is 262 g/mol. The highest BCUT2D eigenvalue weighted by atomic mass is 16.5. The summed E-state index contributed by atoms with van der Waals surface area (Å²) in [6, 6.07) is 5.97. The Hall–Kier alpha value is -1.51.